The van der Waals surface area contributed by atoms with Gasteiger partial charge in [0, 0.05) is 24.1 Å². The fraction of sp³-hybridized carbons (Fsp3) is 0.583. The van der Waals surface area contributed by atoms with Crippen molar-refractivity contribution < 1.29 is 9.47 Å². The quantitative estimate of drug-likeness (QED) is 0.832. The molecule has 0 fully saturated rings. The molecule has 0 saturated carbocycles. The lowest BCUT2D eigenvalue weighted by Gasteiger charge is -2.22. The standard InChI is InChI=1S/C12H18BrNO2/c1-9-10(13)5-6-11(14-9)16-8-7-12(2,3)15-4/h5-6H,7-8H2,1-4H3. The molecule has 0 saturated heterocycles. The number of ether oxygens (including phenoxy) is 2. The van der Waals surface area contributed by atoms with Crippen LogP contribution in [0.1, 0.15) is 26.0 Å². The van der Waals surface area contributed by atoms with E-state index in [4.69, 9.17) is 9.47 Å². The molecule has 0 aliphatic carbocycles. The minimum atomic E-state index is -0.148. The van der Waals surface area contributed by atoms with E-state index in [2.05, 4.69) is 20.9 Å². The summed E-state index contributed by atoms with van der Waals surface area (Å²) >= 11 is 3.40. The van der Waals surface area contributed by atoms with Crippen LogP contribution < -0.4 is 4.74 Å². The Hall–Kier alpha value is -0.610. The molecular weight excluding hydrogens is 270 g/mol. The Balaban J connectivity index is 2.46. The fourth-order valence-corrected chi connectivity index (χ4v) is 1.33. The highest BCUT2D eigenvalue weighted by Crippen LogP contribution is 2.19. The predicted octanol–water partition coefficient (Wildman–Crippen LogP) is 3.35. The number of pyridine rings is 1. The Bertz CT molecular complexity index is 353. The first-order valence-electron chi connectivity index (χ1n) is 5.26. The molecule has 0 unspecified atom stereocenters. The number of aromatic nitrogens is 1. The number of aryl methyl sites for hydroxylation is 1. The van der Waals surface area contributed by atoms with Gasteiger partial charge in [-0.05, 0) is 42.8 Å². The third-order valence-electron chi connectivity index (χ3n) is 2.50. The molecule has 0 atom stereocenters. The molecule has 0 aliphatic heterocycles. The Kier molecular flexibility index (Phi) is 4.74. The van der Waals surface area contributed by atoms with Crippen molar-refractivity contribution in [2.45, 2.75) is 32.8 Å². The van der Waals surface area contributed by atoms with E-state index in [0.29, 0.717) is 12.5 Å². The molecule has 0 bridgehead atoms. The zero-order valence-corrected chi connectivity index (χ0v) is 11.8. The smallest absolute Gasteiger partial charge is 0.213 e. The van der Waals surface area contributed by atoms with Crippen molar-refractivity contribution in [3.05, 3.63) is 22.3 Å². The van der Waals surface area contributed by atoms with Gasteiger partial charge in [0.05, 0.1) is 17.9 Å². The van der Waals surface area contributed by atoms with Gasteiger partial charge in [0.25, 0.3) is 0 Å². The molecule has 90 valence electrons. The van der Waals surface area contributed by atoms with E-state index in [1.807, 2.05) is 32.9 Å². The largest absolute Gasteiger partial charge is 0.478 e. The monoisotopic (exact) mass is 287 g/mol. The first kappa shape index (κ1) is 13.5. The predicted molar refractivity (Wildman–Crippen MR) is 67.9 cm³/mol. The molecule has 0 aromatic carbocycles. The van der Waals surface area contributed by atoms with Crippen molar-refractivity contribution in [2.75, 3.05) is 13.7 Å². The van der Waals surface area contributed by atoms with Crippen LogP contribution in [0.25, 0.3) is 0 Å². The maximum atomic E-state index is 5.57. The van der Waals surface area contributed by atoms with Crippen molar-refractivity contribution in [1.29, 1.82) is 0 Å². The van der Waals surface area contributed by atoms with E-state index >= 15 is 0 Å². The Labute approximate surface area is 105 Å². The number of hydrogen-bond acceptors (Lipinski definition) is 3. The van der Waals surface area contributed by atoms with Gasteiger partial charge in [0.1, 0.15) is 0 Å². The normalized spacial score (nSPS) is 11.6. The second-order valence-corrected chi connectivity index (χ2v) is 5.13. The van der Waals surface area contributed by atoms with Gasteiger partial charge in [0.15, 0.2) is 0 Å². The lowest BCUT2D eigenvalue weighted by atomic mass is 10.1. The maximum absolute atomic E-state index is 5.57. The molecule has 0 N–H and O–H groups in total. The van der Waals surface area contributed by atoms with Crippen molar-refractivity contribution in [3.63, 3.8) is 0 Å². The average Bonchev–Trinajstić information content (AvgIpc) is 2.23. The summed E-state index contributed by atoms with van der Waals surface area (Å²) in [6, 6.07) is 3.80. The maximum Gasteiger partial charge on any atom is 0.213 e. The summed E-state index contributed by atoms with van der Waals surface area (Å²) in [7, 11) is 1.71. The highest BCUT2D eigenvalue weighted by atomic mass is 79.9. The van der Waals surface area contributed by atoms with Crippen molar-refractivity contribution in [3.8, 4) is 5.88 Å². The zero-order valence-electron chi connectivity index (χ0n) is 10.2. The zero-order chi connectivity index (χ0) is 12.2. The molecule has 4 heteroatoms. The highest BCUT2D eigenvalue weighted by molar-refractivity contribution is 9.10. The van der Waals surface area contributed by atoms with Gasteiger partial charge < -0.3 is 9.47 Å². The lowest BCUT2D eigenvalue weighted by Crippen LogP contribution is -2.25. The third-order valence-corrected chi connectivity index (χ3v) is 3.34. The van der Waals surface area contributed by atoms with Gasteiger partial charge in [-0.25, -0.2) is 4.98 Å². The first-order chi connectivity index (χ1) is 7.44. The van der Waals surface area contributed by atoms with Gasteiger partial charge in [0.2, 0.25) is 5.88 Å². The topological polar surface area (TPSA) is 31.4 Å². The van der Waals surface area contributed by atoms with Gasteiger partial charge >= 0.3 is 0 Å². The van der Waals surface area contributed by atoms with Gasteiger partial charge in [-0.3, -0.25) is 0 Å². The fourth-order valence-electron chi connectivity index (χ4n) is 1.10. The van der Waals surface area contributed by atoms with E-state index in [9.17, 15) is 0 Å². The van der Waals surface area contributed by atoms with Crippen molar-refractivity contribution in [1.82, 2.24) is 4.98 Å². The molecule has 3 nitrogen and oxygen atoms in total. The molecule has 1 rings (SSSR count). The van der Waals surface area contributed by atoms with Crippen LogP contribution in [0.2, 0.25) is 0 Å². The summed E-state index contributed by atoms with van der Waals surface area (Å²) in [5, 5.41) is 0. The van der Waals surface area contributed by atoms with Crippen LogP contribution in [0.3, 0.4) is 0 Å². The van der Waals surface area contributed by atoms with Crippen LogP contribution in [-0.4, -0.2) is 24.3 Å². The summed E-state index contributed by atoms with van der Waals surface area (Å²) in [5.41, 5.74) is 0.785. The van der Waals surface area contributed by atoms with Crippen molar-refractivity contribution >= 4 is 15.9 Å². The second kappa shape index (κ2) is 5.64. The third kappa shape index (κ3) is 4.10. The second-order valence-electron chi connectivity index (χ2n) is 4.28. The number of methoxy groups -OCH3 is 1. The van der Waals surface area contributed by atoms with E-state index in [-0.39, 0.29) is 5.60 Å². The first-order valence-corrected chi connectivity index (χ1v) is 6.05. The summed E-state index contributed by atoms with van der Waals surface area (Å²) in [6.07, 6.45) is 0.834. The molecular formula is C12H18BrNO2. The highest BCUT2D eigenvalue weighted by Gasteiger charge is 2.16. The number of hydrogen-bond donors (Lipinski definition) is 0. The van der Waals surface area contributed by atoms with Gasteiger partial charge in [-0.15, -0.1) is 0 Å². The molecule has 1 aromatic heterocycles. The molecule has 1 heterocycles. The van der Waals surface area contributed by atoms with Crippen LogP contribution in [-0.2, 0) is 4.74 Å². The van der Waals surface area contributed by atoms with E-state index in [0.717, 1.165) is 16.6 Å². The van der Waals surface area contributed by atoms with E-state index in [1.165, 1.54) is 0 Å². The summed E-state index contributed by atoms with van der Waals surface area (Å²) < 4.78 is 11.9. The van der Waals surface area contributed by atoms with E-state index < -0.39 is 0 Å². The molecule has 0 amide bonds. The minimum absolute atomic E-state index is 0.148. The average molecular weight is 288 g/mol. The summed E-state index contributed by atoms with van der Waals surface area (Å²) in [4.78, 5) is 4.31. The molecule has 16 heavy (non-hydrogen) atoms. The Morgan fingerprint density at radius 2 is 2.06 bits per heavy atom. The minimum Gasteiger partial charge on any atom is -0.478 e. The Morgan fingerprint density at radius 1 is 1.38 bits per heavy atom. The lowest BCUT2D eigenvalue weighted by molar-refractivity contribution is 0.00508. The summed E-state index contributed by atoms with van der Waals surface area (Å²) in [5.74, 6) is 0.660. The Morgan fingerprint density at radius 3 is 2.62 bits per heavy atom. The SMILES string of the molecule is COC(C)(C)CCOc1ccc(Br)c(C)n1. The number of halogens is 1. The molecule has 0 spiro atoms. The van der Waals surface area contributed by atoms with Crippen LogP contribution >= 0.6 is 15.9 Å². The van der Waals surface area contributed by atoms with Crippen LogP contribution in [0.4, 0.5) is 0 Å². The van der Waals surface area contributed by atoms with Crippen molar-refractivity contribution in [2.24, 2.45) is 0 Å². The summed E-state index contributed by atoms with van der Waals surface area (Å²) in [6.45, 7) is 6.62. The molecule has 1 aromatic rings. The molecule has 0 radical (unpaired) electrons. The van der Waals surface area contributed by atoms with Crippen LogP contribution in [0, 0.1) is 6.92 Å². The molecule has 0 aliphatic rings. The van der Waals surface area contributed by atoms with Gasteiger partial charge in [-0.2, -0.15) is 0 Å². The van der Waals surface area contributed by atoms with Crippen LogP contribution in [0.5, 0.6) is 5.88 Å². The van der Waals surface area contributed by atoms with Gasteiger partial charge in [-0.1, -0.05) is 0 Å². The van der Waals surface area contributed by atoms with E-state index in [1.54, 1.807) is 7.11 Å². The number of nitrogens with zero attached hydrogens (tertiary/aromatic N) is 1. The number of rotatable bonds is 5. The van der Waals surface area contributed by atoms with Crippen LogP contribution in [0.15, 0.2) is 16.6 Å².